The van der Waals surface area contributed by atoms with E-state index >= 15 is 0 Å². The predicted molar refractivity (Wildman–Crippen MR) is 53.1 cm³/mol. The Bertz CT molecular complexity index is 485. The molecule has 0 saturated heterocycles. The molecule has 7 heteroatoms. The van der Waals surface area contributed by atoms with Gasteiger partial charge in [-0.05, 0) is 18.2 Å². The van der Waals surface area contributed by atoms with Gasteiger partial charge in [0.25, 0.3) is 0 Å². The third-order valence-electron chi connectivity index (χ3n) is 1.74. The summed E-state index contributed by atoms with van der Waals surface area (Å²) < 4.78 is 12.8. The summed E-state index contributed by atoms with van der Waals surface area (Å²) in [5.74, 6) is -4.45. The standard InChI is InChI=1S/C10H7ClFNO4/c11-7-3-5(1-2-8(7)12)13-4-6(9(14)15)10(16)17/h1-4,13H,(H,14,15)(H,16,17)/p-2. The highest BCUT2D eigenvalue weighted by Crippen LogP contribution is 2.19. The zero-order chi connectivity index (χ0) is 13.0. The van der Waals surface area contributed by atoms with Gasteiger partial charge in [0.1, 0.15) is 5.82 Å². The number of carbonyl (C=O) groups is 2. The molecule has 0 unspecified atom stereocenters. The van der Waals surface area contributed by atoms with Crippen molar-refractivity contribution in [1.82, 2.24) is 0 Å². The Hall–Kier alpha value is -2.08. The Balaban J connectivity index is 2.91. The second kappa shape index (κ2) is 5.31. The zero-order valence-electron chi connectivity index (χ0n) is 8.20. The van der Waals surface area contributed by atoms with Crippen molar-refractivity contribution in [1.29, 1.82) is 0 Å². The highest BCUT2D eigenvalue weighted by Gasteiger charge is 2.01. The lowest BCUT2D eigenvalue weighted by Crippen LogP contribution is -2.36. The average Bonchev–Trinajstić information content (AvgIpc) is 2.22. The van der Waals surface area contributed by atoms with E-state index in [4.69, 9.17) is 11.6 Å². The fourth-order valence-electron chi connectivity index (χ4n) is 0.943. The summed E-state index contributed by atoms with van der Waals surface area (Å²) in [5.41, 5.74) is -0.846. The molecule has 1 N–H and O–H groups in total. The number of benzene rings is 1. The molecule has 90 valence electrons. The molecule has 1 aromatic rings. The monoisotopic (exact) mass is 257 g/mol. The number of carboxylic acids is 2. The highest BCUT2D eigenvalue weighted by molar-refractivity contribution is 6.31. The molecule has 0 fully saturated rings. The minimum Gasteiger partial charge on any atom is -0.545 e. The number of carbonyl (C=O) groups excluding carboxylic acids is 2. The fraction of sp³-hybridized carbons (Fsp3) is 0. The van der Waals surface area contributed by atoms with E-state index in [0.29, 0.717) is 6.20 Å². The maximum Gasteiger partial charge on any atom is 0.141 e. The molecule has 0 atom stereocenters. The lowest BCUT2D eigenvalue weighted by molar-refractivity contribution is -0.312. The first kappa shape index (κ1) is 13.0. The van der Waals surface area contributed by atoms with Crippen LogP contribution in [0.1, 0.15) is 0 Å². The first-order chi connectivity index (χ1) is 7.91. The molecule has 0 heterocycles. The molecule has 0 aromatic heterocycles. The van der Waals surface area contributed by atoms with E-state index in [-0.39, 0.29) is 10.7 Å². The van der Waals surface area contributed by atoms with E-state index < -0.39 is 23.3 Å². The van der Waals surface area contributed by atoms with Gasteiger partial charge in [-0.3, -0.25) is 0 Å². The number of aliphatic carboxylic acids is 2. The Morgan fingerprint density at radius 3 is 2.35 bits per heavy atom. The smallest absolute Gasteiger partial charge is 0.141 e. The van der Waals surface area contributed by atoms with E-state index in [0.717, 1.165) is 12.1 Å². The SMILES string of the molecule is O=C([O-])C(=CNc1ccc(F)c(Cl)c1)C(=O)[O-]. The van der Waals surface area contributed by atoms with Crippen LogP contribution in [0.2, 0.25) is 5.02 Å². The second-order valence-electron chi connectivity index (χ2n) is 2.91. The molecule has 0 saturated carbocycles. The summed E-state index contributed by atoms with van der Waals surface area (Å²) in [5, 5.41) is 22.8. The third-order valence-corrected chi connectivity index (χ3v) is 2.03. The summed E-state index contributed by atoms with van der Waals surface area (Å²) in [6, 6.07) is 3.45. The molecule has 0 aliphatic rings. The second-order valence-corrected chi connectivity index (χ2v) is 3.31. The van der Waals surface area contributed by atoms with Gasteiger partial charge in [-0.2, -0.15) is 0 Å². The van der Waals surface area contributed by atoms with E-state index in [2.05, 4.69) is 5.32 Å². The zero-order valence-corrected chi connectivity index (χ0v) is 8.95. The van der Waals surface area contributed by atoms with Crippen molar-refractivity contribution in [3.8, 4) is 0 Å². The van der Waals surface area contributed by atoms with Crippen LogP contribution in [0.5, 0.6) is 0 Å². The lowest BCUT2D eigenvalue weighted by atomic mass is 10.3. The van der Waals surface area contributed by atoms with Gasteiger partial charge >= 0.3 is 0 Å². The van der Waals surface area contributed by atoms with Crippen molar-refractivity contribution in [3.63, 3.8) is 0 Å². The van der Waals surface area contributed by atoms with Crippen molar-refractivity contribution in [3.05, 3.63) is 40.8 Å². The van der Waals surface area contributed by atoms with Crippen LogP contribution >= 0.6 is 11.6 Å². The van der Waals surface area contributed by atoms with E-state index in [1.165, 1.54) is 6.07 Å². The van der Waals surface area contributed by atoms with Gasteiger partial charge in [-0.25, -0.2) is 4.39 Å². The predicted octanol–water partition coefficient (Wildman–Crippen LogP) is -0.725. The molecule has 5 nitrogen and oxygen atoms in total. The molecule has 0 spiro atoms. The quantitative estimate of drug-likeness (QED) is 0.436. The van der Waals surface area contributed by atoms with Crippen LogP contribution in [0.3, 0.4) is 0 Å². The van der Waals surface area contributed by atoms with Crippen molar-refractivity contribution in [2.75, 3.05) is 5.32 Å². The van der Waals surface area contributed by atoms with E-state index in [9.17, 15) is 24.2 Å². The normalized spacial score (nSPS) is 9.53. The summed E-state index contributed by atoms with van der Waals surface area (Å²) >= 11 is 5.46. The Morgan fingerprint density at radius 2 is 1.88 bits per heavy atom. The number of halogens is 2. The molecule has 17 heavy (non-hydrogen) atoms. The van der Waals surface area contributed by atoms with Gasteiger partial charge in [-0.1, -0.05) is 11.6 Å². The number of rotatable bonds is 4. The van der Waals surface area contributed by atoms with Crippen LogP contribution in [-0.4, -0.2) is 11.9 Å². The van der Waals surface area contributed by atoms with Gasteiger partial charge < -0.3 is 25.1 Å². The number of hydrogen-bond acceptors (Lipinski definition) is 5. The van der Waals surface area contributed by atoms with Crippen LogP contribution in [0.4, 0.5) is 10.1 Å². The van der Waals surface area contributed by atoms with Gasteiger partial charge in [0.2, 0.25) is 0 Å². The lowest BCUT2D eigenvalue weighted by Gasteiger charge is -2.10. The molecule has 1 aromatic carbocycles. The van der Waals surface area contributed by atoms with Crippen LogP contribution in [0.15, 0.2) is 30.0 Å². The van der Waals surface area contributed by atoms with Gasteiger partial charge in [0.05, 0.1) is 17.0 Å². The fourth-order valence-corrected chi connectivity index (χ4v) is 1.12. The molecule has 0 amide bonds. The maximum absolute atomic E-state index is 12.8. The summed E-state index contributed by atoms with van der Waals surface area (Å²) in [7, 11) is 0. The van der Waals surface area contributed by atoms with Gasteiger partial charge in [0, 0.05) is 17.5 Å². The Kier molecular flexibility index (Phi) is 4.06. The van der Waals surface area contributed by atoms with Crippen molar-refractivity contribution in [2.45, 2.75) is 0 Å². The van der Waals surface area contributed by atoms with Gasteiger partial charge in [-0.15, -0.1) is 0 Å². The van der Waals surface area contributed by atoms with E-state index in [1.54, 1.807) is 0 Å². The molecule has 0 aliphatic heterocycles. The first-order valence-electron chi connectivity index (χ1n) is 4.26. The van der Waals surface area contributed by atoms with Crippen molar-refractivity contribution in [2.24, 2.45) is 0 Å². The van der Waals surface area contributed by atoms with Crippen molar-refractivity contribution < 1.29 is 24.2 Å². The molecule has 0 aliphatic carbocycles. The van der Waals surface area contributed by atoms with Crippen LogP contribution in [0.25, 0.3) is 0 Å². The third kappa shape index (κ3) is 3.46. The number of nitrogens with one attached hydrogen (secondary N) is 1. The maximum atomic E-state index is 12.8. The Labute approximate surface area is 100 Å². The molecule has 1 rings (SSSR count). The highest BCUT2D eigenvalue weighted by atomic mass is 35.5. The number of hydrogen-bond donors (Lipinski definition) is 1. The molecular formula is C10H5ClFNO4-2. The Morgan fingerprint density at radius 1 is 1.29 bits per heavy atom. The van der Waals surface area contributed by atoms with Crippen LogP contribution in [0, 0.1) is 5.82 Å². The van der Waals surface area contributed by atoms with E-state index in [1.807, 2.05) is 0 Å². The molecule has 0 bridgehead atoms. The van der Waals surface area contributed by atoms with Gasteiger partial charge in [0.15, 0.2) is 0 Å². The summed E-state index contributed by atoms with van der Waals surface area (Å²) in [4.78, 5) is 20.7. The first-order valence-corrected chi connectivity index (χ1v) is 4.64. The summed E-state index contributed by atoms with van der Waals surface area (Å²) in [6.45, 7) is 0. The van der Waals surface area contributed by atoms with Crippen LogP contribution < -0.4 is 15.5 Å². The summed E-state index contributed by atoms with van der Waals surface area (Å²) in [6.07, 6.45) is 0.661. The minimum absolute atomic E-state index is 0.188. The molecule has 0 radical (unpaired) electrons. The number of carboxylic acid groups (broad SMARTS) is 2. The topological polar surface area (TPSA) is 92.3 Å². The van der Waals surface area contributed by atoms with Crippen molar-refractivity contribution >= 4 is 29.2 Å². The molecular weight excluding hydrogens is 253 g/mol. The van der Waals surface area contributed by atoms with Crippen LogP contribution in [-0.2, 0) is 9.59 Å². The average molecular weight is 258 g/mol. The largest absolute Gasteiger partial charge is 0.545 e. The number of anilines is 1. The minimum atomic E-state index is -1.90.